The van der Waals surface area contributed by atoms with E-state index in [2.05, 4.69) is 27.7 Å². The van der Waals surface area contributed by atoms with Crippen LogP contribution in [-0.4, -0.2) is 37.2 Å². The number of ether oxygens (including phenoxy) is 3. The molecule has 0 aromatic carbocycles. The molecule has 0 aliphatic rings. The number of esters is 3. The number of hydrogen-bond acceptors (Lipinski definition) is 6. The summed E-state index contributed by atoms with van der Waals surface area (Å²) < 4.78 is 16.7. The fourth-order valence-electron chi connectivity index (χ4n) is 7.51. The van der Waals surface area contributed by atoms with Crippen LogP contribution in [0.3, 0.4) is 0 Å². The van der Waals surface area contributed by atoms with Crippen LogP contribution in [0.25, 0.3) is 0 Å². The largest absolute Gasteiger partial charge is 0.462 e. The van der Waals surface area contributed by atoms with Gasteiger partial charge in [-0.1, -0.05) is 240 Å². The fourth-order valence-corrected chi connectivity index (χ4v) is 7.51. The summed E-state index contributed by atoms with van der Waals surface area (Å²) in [5, 5.41) is 0. The molecule has 0 amide bonds. The molecule has 0 fully saturated rings. The minimum Gasteiger partial charge on any atom is -0.462 e. The summed E-state index contributed by atoms with van der Waals surface area (Å²) in [6.07, 6.45) is 45.3. The quantitative estimate of drug-likeness (QED) is 0.0347. The molecule has 6 nitrogen and oxygen atoms in total. The van der Waals surface area contributed by atoms with Crippen LogP contribution in [0.1, 0.15) is 278 Å². The Labute approximate surface area is 348 Å². The van der Waals surface area contributed by atoms with Gasteiger partial charge in [0.1, 0.15) is 13.2 Å². The van der Waals surface area contributed by atoms with E-state index in [1.54, 1.807) is 0 Å². The maximum Gasteiger partial charge on any atom is 0.306 e. The zero-order chi connectivity index (χ0) is 41.0. The Kier molecular flexibility index (Phi) is 43.2. The molecule has 0 heterocycles. The molecule has 0 saturated heterocycles. The topological polar surface area (TPSA) is 78.9 Å². The van der Waals surface area contributed by atoms with Crippen molar-refractivity contribution in [3.63, 3.8) is 0 Å². The molecule has 0 rings (SSSR count). The van der Waals surface area contributed by atoms with Crippen molar-refractivity contribution in [2.45, 2.75) is 284 Å². The predicted molar refractivity (Wildman–Crippen MR) is 238 cm³/mol. The van der Waals surface area contributed by atoms with Gasteiger partial charge in [0.15, 0.2) is 6.10 Å². The van der Waals surface area contributed by atoms with Gasteiger partial charge >= 0.3 is 17.9 Å². The van der Waals surface area contributed by atoms with E-state index in [1.807, 2.05) is 0 Å². The lowest BCUT2D eigenvalue weighted by Gasteiger charge is -2.18. The van der Waals surface area contributed by atoms with Crippen molar-refractivity contribution >= 4 is 17.9 Å². The van der Waals surface area contributed by atoms with Crippen LogP contribution in [0.15, 0.2) is 0 Å². The fraction of sp³-hybridized carbons (Fsp3) is 0.940. The number of unbranched alkanes of at least 4 members (excludes halogenated alkanes) is 32. The number of carbonyl (C=O) groups is 3. The smallest absolute Gasteiger partial charge is 0.306 e. The van der Waals surface area contributed by atoms with Crippen LogP contribution in [0, 0.1) is 5.92 Å². The Morgan fingerprint density at radius 3 is 0.875 bits per heavy atom. The maximum absolute atomic E-state index is 12.7. The average Bonchev–Trinajstić information content (AvgIpc) is 3.18. The standard InChI is InChI=1S/C50H96O6/c1-5-7-9-11-13-15-17-18-19-20-21-22-23-24-26-29-33-37-41-48(51)54-44-47(56-50(53)43-39-35-30-25-16-14-12-10-8-6-2)45-55-49(52)42-38-34-31-27-28-32-36-40-46(3)4/h46-47H,5-45H2,1-4H3/t47-/m0/s1. The van der Waals surface area contributed by atoms with Crippen molar-refractivity contribution in [2.75, 3.05) is 13.2 Å². The molecular formula is C50H96O6. The molecule has 332 valence electrons. The van der Waals surface area contributed by atoms with Gasteiger partial charge in [-0.15, -0.1) is 0 Å². The summed E-state index contributed by atoms with van der Waals surface area (Å²) in [7, 11) is 0. The van der Waals surface area contributed by atoms with Crippen LogP contribution in [-0.2, 0) is 28.6 Å². The number of rotatable bonds is 45. The maximum atomic E-state index is 12.7. The highest BCUT2D eigenvalue weighted by molar-refractivity contribution is 5.71. The van der Waals surface area contributed by atoms with Crippen LogP contribution >= 0.6 is 0 Å². The van der Waals surface area contributed by atoms with Gasteiger partial charge < -0.3 is 14.2 Å². The Balaban J connectivity index is 4.22. The zero-order valence-electron chi connectivity index (χ0n) is 38.1. The van der Waals surface area contributed by atoms with Gasteiger partial charge in [-0.25, -0.2) is 0 Å². The van der Waals surface area contributed by atoms with Crippen molar-refractivity contribution in [1.29, 1.82) is 0 Å². The van der Waals surface area contributed by atoms with Gasteiger partial charge in [-0.3, -0.25) is 14.4 Å². The Bertz CT molecular complexity index is 841. The van der Waals surface area contributed by atoms with Crippen LogP contribution < -0.4 is 0 Å². The van der Waals surface area contributed by atoms with Gasteiger partial charge in [0.05, 0.1) is 0 Å². The predicted octanol–water partition coefficient (Wildman–Crippen LogP) is 15.9. The summed E-state index contributed by atoms with van der Waals surface area (Å²) >= 11 is 0. The second kappa shape index (κ2) is 44.5. The first-order valence-electron chi connectivity index (χ1n) is 24.9. The summed E-state index contributed by atoms with van der Waals surface area (Å²) in [5.74, 6) is -0.0711. The number of hydrogen-bond donors (Lipinski definition) is 0. The Morgan fingerprint density at radius 2 is 0.589 bits per heavy atom. The molecule has 0 aliphatic carbocycles. The normalized spacial score (nSPS) is 11.9. The first-order chi connectivity index (χ1) is 27.4. The molecule has 6 heteroatoms. The second-order valence-corrected chi connectivity index (χ2v) is 17.6. The van der Waals surface area contributed by atoms with Crippen molar-refractivity contribution in [1.82, 2.24) is 0 Å². The summed E-state index contributed by atoms with van der Waals surface area (Å²) in [4.78, 5) is 37.8. The van der Waals surface area contributed by atoms with Gasteiger partial charge in [0.2, 0.25) is 0 Å². The van der Waals surface area contributed by atoms with E-state index in [1.165, 1.54) is 173 Å². The lowest BCUT2D eigenvalue weighted by molar-refractivity contribution is -0.167. The van der Waals surface area contributed by atoms with Gasteiger partial charge in [0, 0.05) is 19.3 Å². The molecule has 0 radical (unpaired) electrons. The van der Waals surface area contributed by atoms with E-state index in [9.17, 15) is 14.4 Å². The van der Waals surface area contributed by atoms with E-state index < -0.39 is 6.10 Å². The highest BCUT2D eigenvalue weighted by Gasteiger charge is 2.19. The third-order valence-electron chi connectivity index (χ3n) is 11.3. The van der Waals surface area contributed by atoms with E-state index in [0.717, 1.165) is 63.7 Å². The van der Waals surface area contributed by atoms with E-state index in [-0.39, 0.29) is 31.1 Å². The molecule has 0 unspecified atom stereocenters. The average molecular weight is 793 g/mol. The molecule has 56 heavy (non-hydrogen) atoms. The minimum atomic E-state index is -0.760. The summed E-state index contributed by atoms with van der Waals surface area (Å²) in [6.45, 7) is 8.96. The first-order valence-corrected chi connectivity index (χ1v) is 24.9. The Hall–Kier alpha value is -1.59. The third kappa shape index (κ3) is 43.5. The number of carbonyl (C=O) groups excluding carboxylic acids is 3. The third-order valence-corrected chi connectivity index (χ3v) is 11.3. The monoisotopic (exact) mass is 793 g/mol. The van der Waals surface area contributed by atoms with Crippen LogP contribution in [0.2, 0.25) is 0 Å². The highest BCUT2D eigenvalue weighted by atomic mass is 16.6. The van der Waals surface area contributed by atoms with Gasteiger partial charge in [-0.2, -0.15) is 0 Å². The molecule has 0 aromatic rings. The molecule has 0 aliphatic heterocycles. The molecule has 0 aromatic heterocycles. The molecule has 0 spiro atoms. The van der Waals surface area contributed by atoms with Crippen molar-refractivity contribution in [2.24, 2.45) is 5.92 Å². The van der Waals surface area contributed by atoms with E-state index >= 15 is 0 Å². The molecule has 0 bridgehead atoms. The molecule has 0 N–H and O–H groups in total. The van der Waals surface area contributed by atoms with Gasteiger partial charge in [0.25, 0.3) is 0 Å². The molecule has 0 saturated carbocycles. The second-order valence-electron chi connectivity index (χ2n) is 17.6. The van der Waals surface area contributed by atoms with Crippen molar-refractivity contribution < 1.29 is 28.6 Å². The van der Waals surface area contributed by atoms with Crippen molar-refractivity contribution in [3.05, 3.63) is 0 Å². The zero-order valence-corrected chi connectivity index (χ0v) is 38.1. The van der Waals surface area contributed by atoms with Gasteiger partial charge in [-0.05, 0) is 25.2 Å². The lowest BCUT2D eigenvalue weighted by atomic mass is 10.0. The van der Waals surface area contributed by atoms with Crippen molar-refractivity contribution in [3.8, 4) is 0 Å². The SMILES string of the molecule is CCCCCCCCCCCCCCCCCCCCC(=O)OC[C@@H](COC(=O)CCCCCCCCCC(C)C)OC(=O)CCCCCCCCCCCC. The summed E-state index contributed by atoms with van der Waals surface area (Å²) in [6, 6.07) is 0. The lowest BCUT2D eigenvalue weighted by Crippen LogP contribution is -2.30. The first kappa shape index (κ1) is 54.4. The highest BCUT2D eigenvalue weighted by Crippen LogP contribution is 2.17. The van der Waals surface area contributed by atoms with E-state index in [0.29, 0.717) is 19.3 Å². The van der Waals surface area contributed by atoms with Crippen LogP contribution in [0.5, 0.6) is 0 Å². The Morgan fingerprint density at radius 1 is 0.339 bits per heavy atom. The van der Waals surface area contributed by atoms with Crippen LogP contribution in [0.4, 0.5) is 0 Å². The minimum absolute atomic E-state index is 0.0637. The molecule has 1 atom stereocenters. The molecular weight excluding hydrogens is 697 g/mol. The summed E-state index contributed by atoms with van der Waals surface area (Å²) in [5.41, 5.74) is 0. The van der Waals surface area contributed by atoms with E-state index in [4.69, 9.17) is 14.2 Å².